The van der Waals surface area contributed by atoms with Gasteiger partial charge in [0.25, 0.3) is 0 Å². The number of ether oxygens (including phenoxy) is 1. The van der Waals surface area contributed by atoms with E-state index in [-0.39, 0.29) is 6.04 Å². The fourth-order valence-corrected chi connectivity index (χ4v) is 2.69. The number of benzene rings is 3. The molecule has 3 aromatic rings. The first-order valence-corrected chi connectivity index (χ1v) is 8.56. The van der Waals surface area contributed by atoms with Crippen LogP contribution in [0.1, 0.15) is 29.7 Å². The van der Waals surface area contributed by atoms with Crippen LogP contribution in [0.15, 0.2) is 72.8 Å². The topological polar surface area (TPSA) is 21.3 Å². The van der Waals surface area contributed by atoms with Gasteiger partial charge in [-0.15, -0.1) is 0 Å². The predicted octanol–water partition coefficient (Wildman–Crippen LogP) is 5.39. The second-order valence-electron chi connectivity index (χ2n) is 6.16. The van der Waals surface area contributed by atoms with Crippen molar-refractivity contribution in [2.24, 2.45) is 0 Å². The Morgan fingerprint density at radius 1 is 0.885 bits per heavy atom. The predicted molar refractivity (Wildman–Crippen MR) is 98.8 cm³/mol. The van der Waals surface area contributed by atoms with Gasteiger partial charge in [0.05, 0.1) is 0 Å². The SMILES string of the molecule is CC(NCc1ccccc1OCc1ccccc1)c1ccc(F)c(F)c1. The fourth-order valence-electron chi connectivity index (χ4n) is 2.69. The van der Waals surface area contributed by atoms with E-state index >= 15 is 0 Å². The number of para-hydroxylation sites is 1. The van der Waals surface area contributed by atoms with Crippen molar-refractivity contribution in [3.8, 4) is 5.75 Å². The first-order valence-electron chi connectivity index (χ1n) is 8.56. The van der Waals surface area contributed by atoms with Crippen LogP contribution in [0.25, 0.3) is 0 Å². The Bertz CT molecular complexity index is 852. The van der Waals surface area contributed by atoms with Gasteiger partial charge in [-0.2, -0.15) is 0 Å². The molecule has 0 aliphatic carbocycles. The lowest BCUT2D eigenvalue weighted by Gasteiger charge is -2.17. The monoisotopic (exact) mass is 353 g/mol. The van der Waals surface area contributed by atoms with Gasteiger partial charge in [-0.3, -0.25) is 0 Å². The molecule has 2 nitrogen and oxygen atoms in total. The lowest BCUT2D eigenvalue weighted by molar-refractivity contribution is 0.301. The van der Waals surface area contributed by atoms with E-state index in [1.54, 1.807) is 6.07 Å². The number of halogens is 2. The molecule has 0 heterocycles. The molecular weight excluding hydrogens is 332 g/mol. The van der Waals surface area contributed by atoms with Gasteiger partial charge in [0.15, 0.2) is 11.6 Å². The molecule has 3 rings (SSSR count). The van der Waals surface area contributed by atoms with Crippen LogP contribution in [-0.4, -0.2) is 0 Å². The van der Waals surface area contributed by atoms with E-state index in [1.165, 1.54) is 6.07 Å². The molecular formula is C22H21F2NO. The van der Waals surface area contributed by atoms with Crippen molar-refractivity contribution in [1.29, 1.82) is 0 Å². The van der Waals surface area contributed by atoms with Crippen molar-refractivity contribution in [2.45, 2.75) is 26.1 Å². The van der Waals surface area contributed by atoms with E-state index in [2.05, 4.69) is 5.32 Å². The van der Waals surface area contributed by atoms with Crippen molar-refractivity contribution in [3.05, 3.63) is 101 Å². The number of hydrogen-bond donors (Lipinski definition) is 1. The smallest absolute Gasteiger partial charge is 0.159 e. The Morgan fingerprint density at radius 3 is 2.38 bits per heavy atom. The minimum Gasteiger partial charge on any atom is -0.489 e. The normalized spacial score (nSPS) is 12.0. The third-order valence-corrected chi connectivity index (χ3v) is 4.25. The fraction of sp³-hybridized carbons (Fsp3) is 0.182. The number of rotatable bonds is 7. The number of nitrogens with one attached hydrogen (secondary N) is 1. The zero-order valence-electron chi connectivity index (χ0n) is 14.6. The molecule has 0 aromatic heterocycles. The van der Waals surface area contributed by atoms with Gasteiger partial charge in [0, 0.05) is 18.2 Å². The lowest BCUT2D eigenvalue weighted by atomic mass is 10.1. The van der Waals surface area contributed by atoms with Gasteiger partial charge in [0.1, 0.15) is 12.4 Å². The zero-order chi connectivity index (χ0) is 18.4. The lowest BCUT2D eigenvalue weighted by Crippen LogP contribution is -2.19. The first kappa shape index (κ1) is 18.1. The summed E-state index contributed by atoms with van der Waals surface area (Å²) in [5.74, 6) is -0.857. The summed E-state index contributed by atoms with van der Waals surface area (Å²) < 4.78 is 32.4. The molecule has 26 heavy (non-hydrogen) atoms. The molecule has 0 aliphatic heterocycles. The highest BCUT2D eigenvalue weighted by molar-refractivity contribution is 5.34. The van der Waals surface area contributed by atoms with Crippen LogP contribution in [0.5, 0.6) is 5.75 Å². The molecule has 0 saturated heterocycles. The Labute approximate surface area is 152 Å². The Kier molecular flexibility index (Phi) is 5.97. The van der Waals surface area contributed by atoms with E-state index in [4.69, 9.17) is 4.74 Å². The van der Waals surface area contributed by atoms with Crippen molar-refractivity contribution < 1.29 is 13.5 Å². The summed E-state index contributed by atoms with van der Waals surface area (Å²) in [5, 5.41) is 3.33. The molecule has 1 atom stereocenters. The van der Waals surface area contributed by atoms with Gasteiger partial charge in [-0.1, -0.05) is 54.6 Å². The van der Waals surface area contributed by atoms with Crippen molar-refractivity contribution in [1.82, 2.24) is 5.32 Å². The maximum absolute atomic E-state index is 13.4. The Balaban J connectivity index is 1.63. The maximum atomic E-state index is 13.4. The minimum absolute atomic E-state index is 0.118. The van der Waals surface area contributed by atoms with E-state index in [1.807, 2.05) is 61.5 Å². The molecule has 3 aromatic carbocycles. The van der Waals surface area contributed by atoms with Crippen LogP contribution in [-0.2, 0) is 13.2 Å². The van der Waals surface area contributed by atoms with Gasteiger partial charge in [-0.25, -0.2) is 8.78 Å². The van der Waals surface area contributed by atoms with Crippen LogP contribution < -0.4 is 10.1 Å². The molecule has 0 fully saturated rings. The van der Waals surface area contributed by atoms with Crippen molar-refractivity contribution in [3.63, 3.8) is 0 Å². The van der Waals surface area contributed by atoms with Gasteiger partial charge in [0.2, 0.25) is 0 Å². The molecule has 0 radical (unpaired) electrons. The summed E-state index contributed by atoms with van der Waals surface area (Å²) in [6.07, 6.45) is 0. The molecule has 0 aliphatic rings. The van der Waals surface area contributed by atoms with E-state index in [0.717, 1.165) is 22.9 Å². The minimum atomic E-state index is -0.833. The second kappa shape index (κ2) is 8.59. The Morgan fingerprint density at radius 2 is 1.62 bits per heavy atom. The third-order valence-electron chi connectivity index (χ3n) is 4.25. The molecule has 0 bridgehead atoms. The van der Waals surface area contributed by atoms with Crippen LogP contribution in [0.4, 0.5) is 8.78 Å². The molecule has 1 N–H and O–H groups in total. The quantitative estimate of drug-likeness (QED) is 0.614. The first-order chi connectivity index (χ1) is 12.6. The van der Waals surface area contributed by atoms with Gasteiger partial charge in [-0.05, 0) is 36.2 Å². The second-order valence-corrected chi connectivity index (χ2v) is 6.16. The van der Waals surface area contributed by atoms with E-state index in [9.17, 15) is 8.78 Å². The van der Waals surface area contributed by atoms with Gasteiger partial charge >= 0.3 is 0 Å². The average molecular weight is 353 g/mol. The van der Waals surface area contributed by atoms with Gasteiger partial charge < -0.3 is 10.1 Å². The van der Waals surface area contributed by atoms with Crippen LogP contribution >= 0.6 is 0 Å². The highest BCUT2D eigenvalue weighted by Gasteiger charge is 2.10. The average Bonchev–Trinajstić information content (AvgIpc) is 2.68. The van der Waals surface area contributed by atoms with Crippen LogP contribution in [0.2, 0.25) is 0 Å². The highest BCUT2D eigenvalue weighted by atomic mass is 19.2. The Hall–Kier alpha value is -2.72. The summed E-state index contributed by atoms with van der Waals surface area (Å²) in [5.41, 5.74) is 2.81. The molecule has 0 spiro atoms. The standard InChI is InChI=1S/C22H21F2NO/c1-16(18-11-12-20(23)21(24)13-18)25-14-19-9-5-6-10-22(19)26-15-17-7-3-2-4-8-17/h2-13,16,25H,14-15H2,1H3. The summed E-state index contributed by atoms with van der Waals surface area (Å²) >= 11 is 0. The van der Waals surface area contributed by atoms with Crippen LogP contribution in [0, 0.1) is 11.6 Å². The maximum Gasteiger partial charge on any atom is 0.159 e. The highest BCUT2D eigenvalue weighted by Crippen LogP contribution is 2.21. The molecule has 134 valence electrons. The van der Waals surface area contributed by atoms with Crippen molar-refractivity contribution >= 4 is 0 Å². The molecule has 0 amide bonds. The summed E-state index contributed by atoms with van der Waals surface area (Å²) in [4.78, 5) is 0. The van der Waals surface area contributed by atoms with E-state index < -0.39 is 11.6 Å². The third kappa shape index (κ3) is 4.67. The largest absolute Gasteiger partial charge is 0.489 e. The zero-order valence-corrected chi connectivity index (χ0v) is 14.6. The summed E-state index contributed by atoms with van der Waals surface area (Å²) in [6, 6.07) is 21.6. The summed E-state index contributed by atoms with van der Waals surface area (Å²) in [6.45, 7) is 2.97. The van der Waals surface area contributed by atoms with E-state index in [0.29, 0.717) is 18.7 Å². The molecule has 1 unspecified atom stereocenters. The number of hydrogen-bond acceptors (Lipinski definition) is 2. The van der Waals surface area contributed by atoms with Crippen LogP contribution in [0.3, 0.4) is 0 Å². The van der Waals surface area contributed by atoms with Crippen molar-refractivity contribution in [2.75, 3.05) is 0 Å². The molecule has 4 heteroatoms. The molecule has 0 saturated carbocycles. The summed E-state index contributed by atoms with van der Waals surface area (Å²) in [7, 11) is 0.